The number of halogens is 7. The van der Waals surface area contributed by atoms with Crippen molar-refractivity contribution in [2.45, 2.75) is 64.5 Å². The summed E-state index contributed by atoms with van der Waals surface area (Å²) in [6, 6.07) is 5.67. The molecule has 1 amide bonds. The highest BCUT2D eigenvalue weighted by molar-refractivity contribution is 6.30. The second-order valence-corrected chi connectivity index (χ2v) is 11.2. The molecule has 4 rings (SSSR count). The van der Waals surface area contributed by atoms with Gasteiger partial charge in [-0.05, 0) is 84.7 Å². The van der Waals surface area contributed by atoms with E-state index in [0.29, 0.717) is 35.7 Å². The summed E-state index contributed by atoms with van der Waals surface area (Å²) in [4.78, 5) is 14.3. The summed E-state index contributed by atoms with van der Waals surface area (Å²) < 4.78 is 91.6. The normalized spacial score (nSPS) is 21.8. The molecule has 4 nitrogen and oxygen atoms in total. The molecule has 0 spiro atoms. The number of nitrogens with zero attached hydrogens (tertiary/aromatic N) is 1. The molecule has 1 fully saturated rings. The smallest absolute Gasteiger partial charge is 0.416 e. The molecule has 2 aromatic carbocycles. The van der Waals surface area contributed by atoms with E-state index >= 15 is 0 Å². The van der Waals surface area contributed by atoms with Gasteiger partial charge in [-0.1, -0.05) is 25.4 Å². The zero-order valence-corrected chi connectivity index (χ0v) is 22.5. The maximum atomic E-state index is 13.4. The Morgan fingerprint density at radius 1 is 1.05 bits per heavy atom. The van der Waals surface area contributed by atoms with E-state index in [1.165, 1.54) is 12.0 Å². The first-order chi connectivity index (χ1) is 18.0. The van der Waals surface area contributed by atoms with Crippen LogP contribution in [-0.2, 0) is 17.1 Å². The molecule has 212 valence electrons. The van der Waals surface area contributed by atoms with E-state index in [1.807, 2.05) is 0 Å². The number of carbonyl (C=O) groups excluding carboxylic acids is 1. The molecule has 0 radical (unpaired) electrons. The number of benzene rings is 2. The third-order valence-corrected chi connectivity index (χ3v) is 7.58. The molecule has 0 aromatic heterocycles. The van der Waals surface area contributed by atoms with E-state index in [1.54, 1.807) is 25.1 Å². The summed E-state index contributed by atoms with van der Waals surface area (Å²) >= 11 is 6.27. The minimum Gasteiger partial charge on any atom is -0.496 e. The van der Waals surface area contributed by atoms with Crippen LogP contribution in [0.25, 0.3) is 5.57 Å². The second kappa shape index (κ2) is 10.3. The van der Waals surface area contributed by atoms with Gasteiger partial charge in [0, 0.05) is 17.1 Å². The minimum absolute atomic E-state index is 0.0578. The summed E-state index contributed by atoms with van der Waals surface area (Å²) in [5, 5.41) is 0.501. The van der Waals surface area contributed by atoms with E-state index in [4.69, 9.17) is 21.1 Å². The molecular formula is C28H28ClF6NO3. The van der Waals surface area contributed by atoms with Crippen molar-refractivity contribution in [3.8, 4) is 5.75 Å². The van der Waals surface area contributed by atoms with Gasteiger partial charge in [-0.3, -0.25) is 4.90 Å². The quantitative estimate of drug-likeness (QED) is 0.334. The predicted molar refractivity (Wildman–Crippen MR) is 134 cm³/mol. The Morgan fingerprint density at radius 2 is 1.67 bits per heavy atom. The Balaban J connectivity index is 1.73. The first-order valence-electron chi connectivity index (χ1n) is 12.3. The molecule has 39 heavy (non-hydrogen) atoms. The Morgan fingerprint density at radius 3 is 2.23 bits per heavy atom. The number of rotatable bonds is 5. The highest BCUT2D eigenvalue weighted by Gasteiger charge is 2.44. The standard InChI is InChI=1S/C28H28ClF6NO3/c1-15-24(16-9-18(27(30,31)32)11-19(10-16)28(33,34)35)39-25(37)36(15)14-17-13-26(2,3)8-7-21(17)22-12-20(29)5-6-23(22)38-4/h5-6,9-12,15,24H,7-8,13-14H2,1-4H3/t15-,24-/m0/s1. The fraction of sp³-hybridized carbons (Fsp3) is 0.464. The molecule has 1 aliphatic heterocycles. The second-order valence-electron chi connectivity index (χ2n) is 10.8. The molecule has 0 saturated carbocycles. The van der Waals surface area contributed by atoms with Crippen LogP contribution >= 0.6 is 11.6 Å². The number of hydrogen-bond donors (Lipinski definition) is 0. The van der Waals surface area contributed by atoms with Crippen LogP contribution in [0.1, 0.15) is 68.4 Å². The molecule has 0 bridgehead atoms. The maximum absolute atomic E-state index is 13.4. The molecule has 1 heterocycles. The molecular weight excluding hydrogens is 548 g/mol. The molecule has 2 atom stereocenters. The Kier molecular flexibility index (Phi) is 7.66. The Labute approximate surface area is 227 Å². The van der Waals surface area contributed by atoms with Gasteiger partial charge in [0.05, 0.1) is 24.3 Å². The molecule has 0 unspecified atom stereocenters. The van der Waals surface area contributed by atoms with Gasteiger partial charge in [0.25, 0.3) is 0 Å². The molecule has 0 N–H and O–H groups in total. The van der Waals surface area contributed by atoms with Crippen molar-refractivity contribution >= 4 is 23.3 Å². The monoisotopic (exact) mass is 575 g/mol. The van der Waals surface area contributed by atoms with Crippen molar-refractivity contribution < 1.29 is 40.6 Å². The maximum Gasteiger partial charge on any atom is 0.416 e. The summed E-state index contributed by atoms with van der Waals surface area (Å²) in [6.07, 6.45) is -10.0. The fourth-order valence-electron chi connectivity index (χ4n) is 5.31. The predicted octanol–water partition coefficient (Wildman–Crippen LogP) is 8.93. The van der Waals surface area contributed by atoms with Crippen LogP contribution in [0, 0.1) is 5.41 Å². The van der Waals surface area contributed by atoms with Crippen LogP contribution in [0.15, 0.2) is 42.0 Å². The highest BCUT2D eigenvalue weighted by Crippen LogP contribution is 2.47. The van der Waals surface area contributed by atoms with E-state index in [0.717, 1.165) is 23.1 Å². The lowest BCUT2D eigenvalue weighted by molar-refractivity contribution is -0.143. The van der Waals surface area contributed by atoms with Crippen LogP contribution in [0.5, 0.6) is 5.75 Å². The van der Waals surface area contributed by atoms with Crippen molar-refractivity contribution in [2.24, 2.45) is 5.41 Å². The Bertz CT molecular complexity index is 1270. The number of amides is 1. The summed E-state index contributed by atoms with van der Waals surface area (Å²) in [7, 11) is 1.54. The first kappa shape index (κ1) is 29.1. The third-order valence-electron chi connectivity index (χ3n) is 7.35. The van der Waals surface area contributed by atoms with Gasteiger partial charge >= 0.3 is 18.4 Å². The number of ether oxygens (including phenoxy) is 2. The van der Waals surface area contributed by atoms with Crippen molar-refractivity contribution in [3.63, 3.8) is 0 Å². The molecule has 11 heteroatoms. The topological polar surface area (TPSA) is 38.8 Å². The van der Waals surface area contributed by atoms with Gasteiger partial charge in [0.2, 0.25) is 0 Å². The van der Waals surface area contributed by atoms with Crippen LogP contribution in [0.2, 0.25) is 5.02 Å². The van der Waals surface area contributed by atoms with E-state index in [9.17, 15) is 31.1 Å². The number of methoxy groups -OCH3 is 1. The van der Waals surface area contributed by atoms with Gasteiger partial charge in [0.15, 0.2) is 0 Å². The van der Waals surface area contributed by atoms with Crippen molar-refractivity contribution in [3.05, 3.63) is 69.2 Å². The zero-order chi connectivity index (χ0) is 28.9. The number of alkyl halides is 6. The summed E-state index contributed by atoms with van der Waals surface area (Å²) in [5.74, 6) is 0.602. The van der Waals surface area contributed by atoms with Crippen LogP contribution < -0.4 is 4.74 Å². The fourth-order valence-corrected chi connectivity index (χ4v) is 5.49. The van der Waals surface area contributed by atoms with E-state index in [-0.39, 0.29) is 23.6 Å². The van der Waals surface area contributed by atoms with Gasteiger partial charge in [0.1, 0.15) is 11.9 Å². The van der Waals surface area contributed by atoms with Crippen LogP contribution in [-0.4, -0.2) is 30.7 Å². The molecule has 1 saturated heterocycles. The zero-order valence-electron chi connectivity index (χ0n) is 21.8. The lowest BCUT2D eigenvalue weighted by Crippen LogP contribution is -2.35. The molecule has 1 aliphatic carbocycles. The van der Waals surface area contributed by atoms with Gasteiger partial charge in [-0.2, -0.15) is 26.3 Å². The third kappa shape index (κ3) is 6.15. The number of allylic oxidation sites excluding steroid dienone is 1. The van der Waals surface area contributed by atoms with Crippen molar-refractivity contribution in [1.29, 1.82) is 0 Å². The van der Waals surface area contributed by atoms with Crippen LogP contribution in [0.4, 0.5) is 31.1 Å². The Hall–Kier alpha value is -2.88. The largest absolute Gasteiger partial charge is 0.496 e. The van der Waals surface area contributed by atoms with Gasteiger partial charge < -0.3 is 9.47 Å². The summed E-state index contributed by atoms with van der Waals surface area (Å²) in [5.41, 5.74) is -0.760. The number of hydrogen-bond acceptors (Lipinski definition) is 3. The van der Waals surface area contributed by atoms with Crippen LogP contribution in [0.3, 0.4) is 0 Å². The van der Waals surface area contributed by atoms with Crippen molar-refractivity contribution in [2.75, 3.05) is 13.7 Å². The lowest BCUT2D eigenvalue weighted by atomic mass is 9.72. The average molecular weight is 576 g/mol. The molecule has 2 aliphatic rings. The van der Waals surface area contributed by atoms with Gasteiger partial charge in [-0.15, -0.1) is 0 Å². The first-order valence-corrected chi connectivity index (χ1v) is 12.7. The highest BCUT2D eigenvalue weighted by atomic mass is 35.5. The summed E-state index contributed by atoms with van der Waals surface area (Å²) in [6.45, 7) is 5.83. The SMILES string of the molecule is COc1ccc(Cl)cc1C1=C(CN2C(=O)O[C@H](c3cc(C(F)(F)F)cc(C(F)(F)F)c3)[C@@H]2C)CC(C)(C)CC1. The van der Waals surface area contributed by atoms with Gasteiger partial charge in [-0.25, -0.2) is 4.79 Å². The average Bonchev–Trinajstić information content (AvgIpc) is 3.10. The van der Waals surface area contributed by atoms with E-state index < -0.39 is 41.7 Å². The van der Waals surface area contributed by atoms with E-state index in [2.05, 4.69) is 13.8 Å². The van der Waals surface area contributed by atoms with Crippen molar-refractivity contribution in [1.82, 2.24) is 4.90 Å². The molecule has 2 aromatic rings. The number of carbonyl (C=O) groups is 1. The minimum atomic E-state index is -5.01. The lowest BCUT2D eigenvalue weighted by Gasteiger charge is -2.35. The number of cyclic esters (lactones) is 1.